The van der Waals surface area contributed by atoms with Crippen molar-refractivity contribution < 1.29 is 9.05 Å². The van der Waals surface area contributed by atoms with Crippen LogP contribution in [0.15, 0.2) is 121 Å². The maximum atomic E-state index is 6.29. The zero-order valence-electron chi connectivity index (χ0n) is 16.8. The van der Waals surface area contributed by atoms with E-state index in [1.807, 2.05) is 91.0 Å². The predicted octanol–water partition coefficient (Wildman–Crippen LogP) is 7.00. The first-order valence-electron chi connectivity index (χ1n) is 10.1. The molecule has 1 aromatic heterocycles. The Hall–Kier alpha value is -3.68. The number of rotatable bonds is 6. The molecule has 0 radical (unpaired) electrons. The van der Waals surface area contributed by atoms with Gasteiger partial charge in [0.15, 0.2) is 0 Å². The summed E-state index contributed by atoms with van der Waals surface area (Å²) in [6, 6.07) is 40.1. The summed E-state index contributed by atoms with van der Waals surface area (Å²) in [6.07, 6.45) is 0. The van der Waals surface area contributed by atoms with E-state index in [4.69, 9.17) is 14.0 Å². The van der Waals surface area contributed by atoms with Crippen LogP contribution in [-0.2, 0) is 0 Å². The molecule has 0 saturated heterocycles. The van der Waals surface area contributed by atoms with E-state index in [2.05, 4.69) is 30.3 Å². The molecule has 0 atom stereocenters. The molecule has 150 valence electrons. The molecule has 0 spiro atoms. The highest BCUT2D eigenvalue weighted by atomic mass is 31.2. The Labute approximate surface area is 182 Å². The van der Waals surface area contributed by atoms with E-state index < -0.39 is 8.38 Å². The molecule has 0 N–H and O–H groups in total. The quantitative estimate of drug-likeness (QED) is 0.277. The molecule has 5 rings (SSSR count). The van der Waals surface area contributed by atoms with E-state index >= 15 is 0 Å². The first-order chi connectivity index (χ1) is 15.3. The lowest BCUT2D eigenvalue weighted by Crippen LogP contribution is -2.10. The Balaban J connectivity index is 1.51. The Morgan fingerprint density at radius 1 is 0.548 bits per heavy atom. The molecule has 0 amide bonds. The van der Waals surface area contributed by atoms with E-state index in [1.165, 1.54) is 0 Å². The van der Waals surface area contributed by atoms with Crippen LogP contribution in [0.3, 0.4) is 0 Å². The molecule has 5 aromatic rings. The van der Waals surface area contributed by atoms with Crippen LogP contribution in [0.5, 0.6) is 11.5 Å². The minimum absolute atomic E-state index is 0.777. The number of hydrogen-bond donors (Lipinski definition) is 0. The molecular formula is C27H20NO2P. The summed E-state index contributed by atoms with van der Waals surface area (Å²) in [5, 5.41) is 2.11. The molecule has 31 heavy (non-hydrogen) atoms. The number of pyridine rings is 1. The third-order valence-corrected chi connectivity index (χ3v) is 6.27. The monoisotopic (exact) mass is 421 g/mol. The molecule has 4 heteroatoms. The van der Waals surface area contributed by atoms with Gasteiger partial charge in [-0.3, -0.25) is 0 Å². The van der Waals surface area contributed by atoms with Crippen molar-refractivity contribution in [3.05, 3.63) is 121 Å². The number of nitrogens with zero attached hydrogens (tertiary/aromatic N) is 1. The molecule has 0 aliphatic rings. The summed E-state index contributed by atoms with van der Waals surface area (Å²) in [5.74, 6) is 1.55. The Bertz CT molecular complexity index is 1250. The van der Waals surface area contributed by atoms with Crippen LogP contribution in [0.1, 0.15) is 0 Å². The number of benzene rings is 4. The smallest absolute Gasteiger partial charge is 0.326 e. The fourth-order valence-corrected chi connectivity index (χ4v) is 4.61. The van der Waals surface area contributed by atoms with Crippen LogP contribution in [0.4, 0.5) is 0 Å². The van der Waals surface area contributed by atoms with Crippen molar-refractivity contribution in [1.29, 1.82) is 0 Å². The topological polar surface area (TPSA) is 31.4 Å². The zero-order valence-corrected chi connectivity index (χ0v) is 17.7. The van der Waals surface area contributed by atoms with E-state index in [9.17, 15) is 0 Å². The van der Waals surface area contributed by atoms with Crippen LogP contribution in [0, 0.1) is 0 Å². The average Bonchev–Trinajstić information content (AvgIpc) is 2.85. The molecule has 0 fully saturated rings. The lowest BCUT2D eigenvalue weighted by Gasteiger charge is -2.19. The largest absolute Gasteiger partial charge is 0.435 e. The van der Waals surface area contributed by atoms with E-state index in [0.717, 1.165) is 39.0 Å². The van der Waals surface area contributed by atoms with Crippen molar-refractivity contribution >= 4 is 24.6 Å². The Morgan fingerprint density at radius 2 is 1.19 bits per heavy atom. The van der Waals surface area contributed by atoms with Gasteiger partial charge >= 0.3 is 8.38 Å². The summed E-state index contributed by atoms with van der Waals surface area (Å²) < 4.78 is 12.6. The van der Waals surface area contributed by atoms with Gasteiger partial charge in [0, 0.05) is 10.9 Å². The fourth-order valence-electron chi connectivity index (χ4n) is 3.28. The maximum absolute atomic E-state index is 6.29. The van der Waals surface area contributed by atoms with E-state index in [0.29, 0.717) is 0 Å². The molecular weight excluding hydrogens is 401 g/mol. The van der Waals surface area contributed by atoms with Gasteiger partial charge in [0.25, 0.3) is 0 Å². The van der Waals surface area contributed by atoms with Gasteiger partial charge in [0.05, 0.1) is 16.5 Å². The van der Waals surface area contributed by atoms with Crippen molar-refractivity contribution in [3.8, 4) is 22.8 Å². The predicted molar refractivity (Wildman–Crippen MR) is 128 cm³/mol. The van der Waals surface area contributed by atoms with Gasteiger partial charge in [-0.2, -0.15) is 0 Å². The standard InChI is InChI=1S/C27H20NO2P/c1-3-12-23(13-4-1)29-31(30-24-14-5-2-6-15-24)25-16-9-11-22(20-25)27-19-18-21-10-7-8-17-26(21)28-27/h1-20H. The summed E-state index contributed by atoms with van der Waals surface area (Å²) in [6.45, 7) is 0. The number of hydrogen-bond acceptors (Lipinski definition) is 3. The van der Waals surface area contributed by atoms with Gasteiger partial charge in [-0.25, -0.2) is 4.98 Å². The van der Waals surface area contributed by atoms with Crippen molar-refractivity contribution in [2.75, 3.05) is 0 Å². The summed E-state index contributed by atoms with van der Waals surface area (Å²) >= 11 is 0. The lowest BCUT2D eigenvalue weighted by atomic mass is 10.1. The lowest BCUT2D eigenvalue weighted by molar-refractivity contribution is 0.502. The van der Waals surface area contributed by atoms with Crippen LogP contribution < -0.4 is 14.4 Å². The van der Waals surface area contributed by atoms with Gasteiger partial charge < -0.3 is 9.05 Å². The maximum Gasteiger partial charge on any atom is 0.326 e. The molecule has 0 unspecified atom stereocenters. The van der Waals surface area contributed by atoms with E-state index in [-0.39, 0.29) is 0 Å². The Morgan fingerprint density at radius 3 is 1.90 bits per heavy atom. The zero-order chi connectivity index (χ0) is 20.9. The third kappa shape index (κ3) is 4.58. The van der Waals surface area contributed by atoms with Crippen LogP contribution in [0.25, 0.3) is 22.2 Å². The highest BCUT2D eigenvalue weighted by Crippen LogP contribution is 2.40. The van der Waals surface area contributed by atoms with Gasteiger partial charge in [-0.15, -0.1) is 0 Å². The van der Waals surface area contributed by atoms with Gasteiger partial charge in [0.2, 0.25) is 0 Å². The van der Waals surface area contributed by atoms with Crippen LogP contribution >= 0.6 is 8.38 Å². The SMILES string of the molecule is c1ccc(OP(Oc2ccccc2)c2cccc(-c3ccc4ccccc4n3)c2)cc1. The fraction of sp³-hybridized carbons (Fsp3) is 0. The molecule has 1 heterocycles. The van der Waals surface area contributed by atoms with Gasteiger partial charge in [-0.1, -0.05) is 72.8 Å². The minimum atomic E-state index is -1.38. The first-order valence-corrected chi connectivity index (χ1v) is 11.3. The minimum Gasteiger partial charge on any atom is -0.435 e. The summed E-state index contributed by atoms with van der Waals surface area (Å²) in [7, 11) is -1.38. The van der Waals surface area contributed by atoms with Crippen LogP contribution in [-0.4, -0.2) is 4.98 Å². The van der Waals surface area contributed by atoms with Gasteiger partial charge in [0.1, 0.15) is 11.5 Å². The molecule has 3 nitrogen and oxygen atoms in total. The molecule has 0 bridgehead atoms. The summed E-state index contributed by atoms with van der Waals surface area (Å²) in [4.78, 5) is 4.84. The highest BCUT2D eigenvalue weighted by Gasteiger charge is 2.19. The Kier molecular flexibility index (Phi) is 5.60. The molecule has 4 aromatic carbocycles. The second kappa shape index (κ2) is 8.99. The first kappa shape index (κ1) is 19.3. The number of fused-ring (bicyclic) bond motifs is 1. The number of aromatic nitrogens is 1. The number of para-hydroxylation sites is 3. The molecule has 0 aliphatic heterocycles. The van der Waals surface area contributed by atoms with Crippen LogP contribution in [0.2, 0.25) is 0 Å². The second-order valence-electron chi connectivity index (χ2n) is 7.01. The highest BCUT2D eigenvalue weighted by molar-refractivity contribution is 7.56. The molecule has 0 aliphatic carbocycles. The van der Waals surface area contributed by atoms with Crippen molar-refractivity contribution in [3.63, 3.8) is 0 Å². The van der Waals surface area contributed by atoms with E-state index in [1.54, 1.807) is 0 Å². The molecule has 0 saturated carbocycles. The van der Waals surface area contributed by atoms with Crippen molar-refractivity contribution in [2.24, 2.45) is 0 Å². The van der Waals surface area contributed by atoms with Gasteiger partial charge in [-0.05, 0) is 48.5 Å². The second-order valence-corrected chi connectivity index (χ2v) is 8.40. The normalized spacial score (nSPS) is 10.9. The summed E-state index contributed by atoms with van der Waals surface area (Å²) in [5.41, 5.74) is 2.94. The average molecular weight is 421 g/mol. The van der Waals surface area contributed by atoms with Crippen molar-refractivity contribution in [1.82, 2.24) is 4.98 Å². The third-order valence-electron chi connectivity index (χ3n) is 4.81. The van der Waals surface area contributed by atoms with Crippen molar-refractivity contribution in [2.45, 2.75) is 0 Å².